The fraction of sp³-hybridized carbons (Fsp3) is 0.312. The number of fused-ring (bicyclic) bond motifs is 2. The topological polar surface area (TPSA) is 75.9 Å². The van der Waals surface area contributed by atoms with E-state index >= 15 is 0 Å². The van der Waals surface area contributed by atoms with Gasteiger partial charge in [-0.3, -0.25) is 9.59 Å². The molecule has 0 aliphatic heterocycles. The van der Waals surface area contributed by atoms with Gasteiger partial charge in [0.1, 0.15) is 0 Å². The molecule has 4 aromatic rings. The molecule has 4 aromatic carbocycles. The van der Waals surface area contributed by atoms with Crippen LogP contribution in [0.15, 0.2) is 60.7 Å². The van der Waals surface area contributed by atoms with Crippen molar-refractivity contribution in [1.82, 2.24) is 9.80 Å². The smallest absolute Gasteiger partial charge is 0.310 e. The molecule has 0 unspecified atom stereocenters. The van der Waals surface area contributed by atoms with E-state index in [0.717, 1.165) is 45.8 Å². The highest BCUT2D eigenvalue weighted by atomic mass is 35.5. The van der Waals surface area contributed by atoms with Crippen molar-refractivity contribution in [2.75, 3.05) is 34.8 Å². The Kier molecular flexibility index (Phi) is 11.3. The van der Waals surface area contributed by atoms with Gasteiger partial charge in [-0.25, -0.2) is 0 Å². The number of hydrogen-bond acceptors (Lipinski definition) is 5. The van der Waals surface area contributed by atoms with Crippen LogP contribution in [0.5, 0.6) is 0 Å². The molecule has 1 amide bonds. The molecule has 0 saturated heterocycles. The summed E-state index contributed by atoms with van der Waals surface area (Å²) < 4.78 is 5.04. The van der Waals surface area contributed by atoms with E-state index in [0.29, 0.717) is 16.7 Å². The normalized spacial score (nSPS) is 11.1. The summed E-state index contributed by atoms with van der Waals surface area (Å²) in [5.41, 5.74) is 9.33. The first-order valence-electron chi connectivity index (χ1n) is 13.1. The predicted molar refractivity (Wildman–Crippen MR) is 166 cm³/mol. The van der Waals surface area contributed by atoms with Crippen molar-refractivity contribution in [3.05, 3.63) is 93.0 Å². The van der Waals surface area contributed by atoms with Crippen molar-refractivity contribution < 1.29 is 14.3 Å². The molecule has 8 heteroatoms. The summed E-state index contributed by atoms with van der Waals surface area (Å²) in [4.78, 5) is 27.2. The fourth-order valence-electron chi connectivity index (χ4n) is 4.62. The van der Waals surface area contributed by atoms with Crippen LogP contribution in [0.25, 0.3) is 21.5 Å². The standard InChI is InChI=1S/C17H20ClNO2.C15H17ClN2O/c1-4-21-17(20)10-15-14-9-12(11-19(2)3)5-6-13(14)7-8-16(15)18;1-18(2)9-10-3-4-11-5-6-14(16)13(8-15(17)19)12(11)7-10/h5-9H,4,10-11H2,1-3H3;3-7H,8-9H2,1-2H3,(H2,17,19). The number of nitrogens with zero attached hydrogens (tertiary/aromatic N) is 2. The molecule has 0 saturated carbocycles. The second-order valence-corrected chi connectivity index (χ2v) is 11.1. The summed E-state index contributed by atoms with van der Waals surface area (Å²) in [6.07, 6.45) is 0.372. The maximum Gasteiger partial charge on any atom is 0.310 e. The van der Waals surface area contributed by atoms with E-state index in [-0.39, 0.29) is 24.7 Å². The molecule has 0 aliphatic rings. The first-order valence-corrected chi connectivity index (χ1v) is 13.9. The average Bonchev–Trinajstić information content (AvgIpc) is 2.87. The van der Waals surface area contributed by atoms with E-state index in [1.54, 1.807) is 6.92 Å². The SMILES string of the molecule is CCOC(=O)Cc1c(Cl)ccc2ccc(CN(C)C)cc12.CN(C)Cc1ccc2ccc(Cl)c(CC(N)=O)c2c1. The lowest BCUT2D eigenvalue weighted by Gasteiger charge is -2.13. The van der Waals surface area contributed by atoms with Crippen LogP contribution in [0.4, 0.5) is 0 Å². The second-order valence-electron chi connectivity index (χ2n) is 10.3. The van der Waals surface area contributed by atoms with Gasteiger partial charge in [0.05, 0.1) is 19.4 Å². The minimum absolute atomic E-state index is 0.168. The first kappa shape index (κ1) is 31.4. The minimum Gasteiger partial charge on any atom is -0.466 e. The van der Waals surface area contributed by atoms with Crippen LogP contribution in [-0.2, 0) is 40.3 Å². The molecule has 0 heterocycles. The summed E-state index contributed by atoms with van der Waals surface area (Å²) >= 11 is 12.5. The number of nitrogens with two attached hydrogens (primary N) is 1. The number of amides is 1. The zero-order valence-corrected chi connectivity index (χ0v) is 25.3. The van der Waals surface area contributed by atoms with Crippen LogP contribution >= 0.6 is 23.2 Å². The lowest BCUT2D eigenvalue weighted by Crippen LogP contribution is -2.14. The van der Waals surface area contributed by atoms with Gasteiger partial charge < -0.3 is 20.3 Å². The Hall–Kier alpha value is -3.16. The predicted octanol–water partition coefficient (Wildman–Crippen LogP) is 6.24. The van der Waals surface area contributed by atoms with Crippen LogP contribution in [-0.4, -0.2) is 56.5 Å². The van der Waals surface area contributed by atoms with Gasteiger partial charge >= 0.3 is 5.97 Å². The van der Waals surface area contributed by atoms with Crippen LogP contribution in [0.1, 0.15) is 29.2 Å². The number of carbonyl (C=O) groups is 2. The first-order chi connectivity index (χ1) is 19.0. The molecule has 6 nitrogen and oxygen atoms in total. The van der Waals surface area contributed by atoms with Crippen molar-refractivity contribution >= 4 is 56.6 Å². The largest absolute Gasteiger partial charge is 0.466 e. The average molecular weight is 583 g/mol. The lowest BCUT2D eigenvalue weighted by atomic mass is 9.99. The molecule has 40 heavy (non-hydrogen) atoms. The number of benzene rings is 4. The molecule has 0 atom stereocenters. The Morgan fingerprint density at radius 2 is 1.15 bits per heavy atom. The van der Waals surface area contributed by atoms with E-state index in [9.17, 15) is 9.59 Å². The van der Waals surface area contributed by atoms with Crippen molar-refractivity contribution in [1.29, 1.82) is 0 Å². The van der Waals surface area contributed by atoms with Gasteiger partial charge in [-0.05, 0) is 103 Å². The van der Waals surface area contributed by atoms with Gasteiger partial charge in [-0.2, -0.15) is 0 Å². The molecule has 2 N–H and O–H groups in total. The lowest BCUT2D eigenvalue weighted by molar-refractivity contribution is -0.142. The number of primary amides is 1. The number of carbonyl (C=O) groups excluding carboxylic acids is 2. The van der Waals surface area contributed by atoms with Crippen LogP contribution in [0.3, 0.4) is 0 Å². The van der Waals surface area contributed by atoms with Crippen molar-refractivity contribution in [2.24, 2.45) is 5.73 Å². The molecule has 4 rings (SSSR count). The highest BCUT2D eigenvalue weighted by Gasteiger charge is 2.13. The van der Waals surface area contributed by atoms with Crippen molar-refractivity contribution in [3.8, 4) is 0 Å². The molecule has 0 aromatic heterocycles. The van der Waals surface area contributed by atoms with E-state index in [1.165, 1.54) is 11.1 Å². The van der Waals surface area contributed by atoms with Gasteiger partial charge in [0.15, 0.2) is 0 Å². The molecule has 0 spiro atoms. The summed E-state index contributed by atoms with van der Waals surface area (Å²) in [6.45, 7) is 3.88. The Balaban J connectivity index is 0.000000222. The number of esters is 1. The number of rotatable bonds is 9. The Morgan fingerprint density at radius 1 is 0.725 bits per heavy atom. The highest BCUT2D eigenvalue weighted by Crippen LogP contribution is 2.29. The molecule has 0 fully saturated rings. The fourth-order valence-corrected chi connectivity index (χ4v) is 5.08. The number of halogens is 2. The Morgan fingerprint density at radius 3 is 1.55 bits per heavy atom. The van der Waals surface area contributed by atoms with Crippen LogP contribution in [0.2, 0.25) is 10.0 Å². The van der Waals surface area contributed by atoms with Gasteiger partial charge in [0, 0.05) is 23.1 Å². The minimum atomic E-state index is -0.368. The van der Waals surface area contributed by atoms with Gasteiger partial charge in [-0.1, -0.05) is 59.6 Å². The highest BCUT2D eigenvalue weighted by molar-refractivity contribution is 6.33. The summed E-state index contributed by atoms with van der Waals surface area (Å²) in [5, 5.41) is 5.38. The third kappa shape index (κ3) is 8.67. The summed E-state index contributed by atoms with van der Waals surface area (Å²) in [6, 6.07) is 20.1. The monoisotopic (exact) mass is 581 g/mol. The summed E-state index contributed by atoms with van der Waals surface area (Å²) in [5.74, 6) is -0.614. The van der Waals surface area contributed by atoms with Gasteiger partial charge in [0.25, 0.3) is 0 Å². The zero-order chi connectivity index (χ0) is 29.4. The van der Waals surface area contributed by atoms with Crippen LogP contribution in [0, 0.1) is 0 Å². The Labute approximate surface area is 246 Å². The van der Waals surface area contributed by atoms with E-state index < -0.39 is 0 Å². The number of hydrogen-bond donors (Lipinski definition) is 1. The van der Waals surface area contributed by atoms with Gasteiger partial charge in [0.2, 0.25) is 5.91 Å². The van der Waals surface area contributed by atoms with Crippen LogP contribution < -0.4 is 5.73 Å². The van der Waals surface area contributed by atoms with Gasteiger partial charge in [-0.15, -0.1) is 0 Å². The molecule has 0 radical (unpaired) electrons. The van der Waals surface area contributed by atoms with E-state index in [1.807, 2.05) is 52.5 Å². The maximum absolute atomic E-state index is 11.8. The molecular weight excluding hydrogens is 545 g/mol. The number of ether oxygens (including phenoxy) is 1. The van der Waals surface area contributed by atoms with E-state index in [4.69, 9.17) is 33.7 Å². The van der Waals surface area contributed by atoms with Crippen molar-refractivity contribution in [3.63, 3.8) is 0 Å². The Bertz CT molecular complexity index is 1500. The maximum atomic E-state index is 11.8. The van der Waals surface area contributed by atoms with Crippen molar-refractivity contribution in [2.45, 2.75) is 32.9 Å². The van der Waals surface area contributed by atoms with E-state index in [2.05, 4.69) is 46.2 Å². The third-order valence-corrected chi connectivity index (χ3v) is 6.96. The quantitative estimate of drug-likeness (QED) is 0.237. The molecule has 212 valence electrons. The third-order valence-electron chi connectivity index (χ3n) is 6.26. The summed E-state index contributed by atoms with van der Waals surface area (Å²) in [7, 11) is 8.10. The molecule has 0 bridgehead atoms. The molecule has 0 aliphatic carbocycles. The second kappa shape index (κ2) is 14.5. The zero-order valence-electron chi connectivity index (χ0n) is 23.8. The molecular formula is C32H37Cl2N3O3.